The number of piperidine rings is 1. The van der Waals surface area contributed by atoms with Gasteiger partial charge in [-0.25, -0.2) is 4.79 Å². The molecule has 5 aromatic rings. The van der Waals surface area contributed by atoms with Crippen molar-refractivity contribution in [2.75, 3.05) is 18.4 Å². The zero-order chi connectivity index (χ0) is 29.4. The lowest BCUT2D eigenvalue weighted by atomic mass is 9.82. The molecule has 2 aliphatic rings. The summed E-state index contributed by atoms with van der Waals surface area (Å²) in [5.41, 5.74) is 5.25. The summed E-state index contributed by atoms with van der Waals surface area (Å²) in [6, 6.07) is 21.9. The first-order chi connectivity index (χ1) is 21.0. The Labute approximate surface area is 248 Å². The van der Waals surface area contributed by atoms with Crippen LogP contribution in [0.25, 0.3) is 10.9 Å². The molecule has 0 saturated carbocycles. The second-order valence-electron chi connectivity index (χ2n) is 11.5. The van der Waals surface area contributed by atoms with Gasteiger partial charge in [0.15, 0.2) is 5.82 Å². The van der Waals surface area contributed by atoms with Crippen LogP contribution in [0.5, 0.6) is 0 Å². The molecule has 4 heterocycles. The Morgan fingerprint density at radius 2 is 1.84 bits per heavy atom. The lowest BCUT2D eigenvalue weighted by molar-refractivity contribution is -0.136. The van der Waals surface area contributed by atoms with E-state index in [1.165, 1.54) is 0 Å². The molecule has 218 valence electrons. The van der Waals surface area contributed by atoms with Gasteiger partial charge in [0.05, 0.1) is 23.3 Å². The van der Waals surface area contributed by atoms with Gasteiger partial charge in [0, 0.05) is 49.7 Å². The van der Waals surface area contributed by atoms with Crippen LogP contribution in [0.15, 0.2) is 77.4 Å². The molecule has 1 fully saturated rings. The first-order valence-electron chi connectivity index (χ1n) is 14.6. The predicted octanol–water partition coefficient (Wildman–Crippen LogP) is 5.64. The van der Waals surface area contributed by atoms with Gasteiger partial charge < -0.3 is 14.2 Å². The number of hydrogen-bond acceptors (Lipinski definition) is 7. The fourth-order valence-corrected chi connectivity index (χ4v) is 6.43. The number of aromatic amines is 1. The van der Waals surface area contributed by atoms with Gasteiger partial charge in [-0.2, -0.15) is 10.1 Å². The summed E-state index contributed by atoms with van der Waals surface area (Å²) >= 11 is 0. The van der Waals surface area contributed by atoms with Crippen molar-refractivity contribution in [1.82, 2.24) is 25.2 Å². The lowest BCUT2D eigenvalue weighted by Gasteiger charge is -2.44. The van der Waals surface area contributed by atoms with Crippen LogP contribution in [0.4, 0.5) is 10.5 Å². The van der Waals surface area contributed by atoms with E-state index in [9.17, 15) is 9.59 Å². The number of H-pyrrole nitrogens is 1. The Morgan fingerprint density at radius 3 is 2.67 bits per heavy atom. The molecule has 7 rings (SSSR count). The van der Waals surface area contributed by atoms with E-state index in [2.05, 4.69) is 32.8 Å². The molecule has 1 unspecified atom stereocenters. The zero-order valence-corrected chi connectivity index (χ0v) is 23.9. The molecule has 43 heavy (non-hydrogen) atoms. The van der Waals surface area contributed by atoms with Crippen molar-refractivity contribution < 1.29 is 18.8 Å². The van der Waals surface area contributed by atoms with E-state index in [1.54, 1.807) is 0 Å². The van der Waals surface area contributed by atoms with Gasteiger partial charge in [0.2, 0.25) is 11.8 Å². The van der Waals surface area contributed by atoms with Crippen molar-refractivity contribution >= 4 is 28.6 Å². The molecule has 0 bridgehead atoms. The number of ether oxygens (including phenoxy) is 1. The van der Waals surface area contributed by atoms with Crippen molar-refractivity contribution in [1.29, 1.82) is 0 Å². The summed E-state index contributed by atoms with van der Waals surface area (Å²) in [5.74, 6) is 0.754. The Hall–Kier alpha value is -4.99. The molecule has 2 amide bonds. The summed E-state index contributed by atoms with van der Waals surface area (Å²) in [4.78, 5) is 32.8. The highest BCUT2D eigenvalue weighted by atomic mass is 16.6. The van der Waals surface area contributed by atoms with Gasteiger partial charge in [-0.1, -0.05) is 59.8 Å². The quantitative estimate of drug-likeness (QED) is 0.257. The van der Waals surface area contributed by atoms with E-state index < -0.39 is 11.7 Å². The van der Waals surface area contributed by atoms with Crippen LogP contribution in [0.1, 0.15) is 59.1 Å². The Bertz CT molecular complexity index is 1790. The molecule has 2 aromatic heterocycles. The zero-order valence-electron chi connectivity index (χ0n) is 23.9. The first-order valence-corrected chi connectivity index (χ1v) is 14.6. The van der Waals surface area contributed by atoms with Crippen LogP contribution < -0.4 is 5.32 Å². The second kappa shape index (κ2) is 11.0. The third kappa shape index (κ3) is 5.36. The molecule has 2 N–H and O–H groups in total. The number of fused-ring (bicyclic) bond motifs is 3. The van der Waals surface area contributed by atoms with Crippen molar-refractivity contribution in [2.45, 2.75) is 50.5 Å². The highest BCUT2D eigenvalue weighted by Crippen LogP contribution is 2.43. The average molecular weight is 577 g/mol. The summed E-state index contributed by atoms with van der Waals surface area (Å²) in [6.07, 6.45) is 3.76. The highest BCUT2D eigenvalue weighted by molar-refractivity contribution is 5.89. The third-order valence-corrected chi connectivity index (χ3v) is 8.61. The fourth-order valence-electron chi connectivity index (χ4n) is 6.43. The van der Waals surface area contributed by atoms with Crippen molar-refractivity contribution in [3.05, 3.63) is 107 Å². The molecule has 1 spiro atoms. The number of aromatic nitrogens is 4. The fraction of sp³-hybridized carbons (Fsp3) is 0.303. The summed E-state index contributed by atoms with van der Waals surface area (Å²) < 4.78 is 11.6. The maximum atomic E-state index is 13.8. The molecule has 1 atom stereocenters. The molecular weight excluding hydrogens is 544 g/mol. The summed E-state index contributed by atoms with van der Waals surface area (Å²) in [6.45, 7) is 3.01. The normalized spacial score (nSPS) is 16.5. The van der Waals surface area contributed by atoms with Gasteiger partial charge in [0.25, 0.3) is 0 Å². The van der Waals surface area contributed by atoms with E-state index in [0.717, 1.165) is 38.8 Å². The number of likely N-dealkylation sites (tertiary alicyclic amines) is 1. The van der Waals surface area contributed by atoms with Crippen LogP contribution in [-0.4, -0.2) is 50.3 Å². The molecular formula is C33H32N6O4. The van der Waals surface area contributed by atoms with Gasteiger partial charge >= 0.3 is 6.09 Å². The van der Waals surface area contributed by atoms with Gasteiger partial charge in [-0.05, 0) is 42.2 Å². The number of nitrogens with zero attached hydrogens (tertiary/aromatic N) is 4. The maximum Gasteiger partial charge on any atom is 0.412 e. The van der Waals surface area contributed by atoms with Crippen molar-refractivity contribution in [2.24, 2.45) is 0 Å². The van der Waals surface area contributed by atoms with E-state index in [4.69, 9.17) is 14.2 Å². The molecule has 1 saturated heterocycles. The van der Waals surface area contributed by atoms with Crippen molar-refractivity contribution in [3.63, 3.8) is 0 Å². The topological polar surface area (TPSA) is 126 Å². The van der Waals surface area contributed by atoms with Crippen LogP contribution in [-0.2, 0) is 28.0 Å². The molecule has 10 nitrogen and oxygen atoms in total. The number of benzene rings is 3. The van der Waals surface area contributed by atoms with Crippen LogP contribution in [0.3, 0.4) is 0 Å². The van der Waals surface area contributed by atoms with Gasteiger partial charge in [-0.15, -0.1) is 0 Å². The number of rotatable bonds is 7. The smallest absolute Gasteiger partial charge is 0.412 e. The second-order valence-corrected chi connectivity index (χ2v) is 11.5. The molecule has 3 aromatic carbocycles. The molecule has 10 heteroatoms. The summed E-state index contributed by atoms with van der Waals surface area (Å²) in [5, 5.41) is 15.3. The average Bonchev–Trinajstić information content (AvgIpc) is 3.68. The lowest BCUT2D eigenvalue weighted by Crippen LogP contribution is -2.50. The largest absolute Gasteiger partial charge is 0.438 e. The molecule has 0 aliphatic carbocycles. The molecule has 2 aliphatic heterocycles. The Morgan fingerprint density at radius 1 is 1.05 bits per heavy atom. The number of para-hydroxylation sites is 1. The number of hydrogen-bond donors (Lipinski definition) is 2. The number of carbonyl (C=O) groups excluding carboxylic acids is 2. The SMILES string of the molecule is Cc1cc(CC(CC(=O)N2CCC3(CC2)OC(=O)Nc2ccccc23)c2nc(Cc3ccccc3)no2)cc2cn[nH]c12. The number of anilines is 1. The minimum absolute atomic E-state index is 0.0114. The van der Waals surface area contributed by atoms with Crippen molar-refractivity contribution in [3.8, 4) is 0 Å². The van der Waals surface area contributed by atoms with E-state index in [1.807, 2.05) is 72.6 Å². The maximum absolute atomic E-state index is 13.8. The van der Waals surface area contributed by atoms with Crippen LogP contribution >= 0.6 is 0 Å². The Kier molecular flexibility index (Phi) is 6.89. The van der Waals surface area contributed by atoms with Gasteiger partial charge in [-0.3, -0.25) is 15.2 Å². The Balaban J connectivity index is 1.11. The number of aryl methyl sites for hydroxylation is 1. The van der Waals surface area contributed by atoms with E-state index >= 15 is 0 Å². The number of amides is 2. The molecule has 0 radical (unpaired) electrons. The van der Waals surface area contributed by atoms with Crippen LogP contribution in [0, 0.1) is 6.92 Å². The first kappa shape index (κ1) is 26.9. The predicted molar refractivity (Wildman–Crippen MR) is 159 cm³/mol. The summed E-state index contributed by atoms with van der Waals surface area (Å²) in [7, 11) is 0. The van der Waals surface area contributed by atoms with E-state index in [-0.39, 0.29) is 18.2 Å². The van der Waals surface area contributed by atoms with Gasteiger partial charge in [0.1, 0.15) is 5.60 Å². The number of carbonyl (C=O) groups is 2. The number of nitrogens with one attached hydrogen (secondary N) is 2. The third-order valence-electron chi connectivity index (χ3n) is 8.61. The minimum atomic E-state index is -0.731. The standard InChI is InChI=1S/C33H32N6O4/c1-21-15-23(17-25-20-34-37-30(21)25)16-24(31-36-28(38-43-31)18-22-7-3-2-4-8-22)19-29(40)39-13-11-33(12-14-39)26-9-5-6-10-27(26)35-32(41)42-33/h2-10,15,17,20,24H,11-14,16,18-19H2,1H3,(H,34,37)(H,35,41). The van der Waals surface area contributed by atoms with E-state index in [0.29, 0.717) is 50.5 Å². The minimum Gasteiger partial charge on any atom is -0.438 e. The van der Waals surface area contributed by atoms with Crippen LogP contribution in [0.2, 0.25) is 0 Å². The highest BCUT2D eigenvalue weighted by Gasteiger charge is 2.45. The monoisotopic (exact) mass is 576 g/mol.